The van der Waals surface area contributed by atoms with Crippen molar-refractivity contribution in [3.05, 3.63) is 53.2 Å². The monoisotopic (exact) mass is 427 g/mol. The van der Waals surface area contributed by atoms with Crippen LogP contribution in [0.2, 0.25) is 0 Å². The van der Waals surface area contributed by atoms with Gasteiger partial charge in [-0.25, -0.2) is 9.59 Å². The van der Waals surface area contributed by atoms with Crippen molar-refractivity contribution in [3.8, 4) is 0 Å². The van der Waals surface area contributed by atoms with Crippen molar-refractivity contribution in [2.75, 3.05) is 0 Å². The minimum Gasteiger partial charge on any atom is -0.467 e. The molecule has 1 atom stereocenters. The van der Waals surface area contributed by atoms with E-state index in [4.69, 9.17) is 9.15 Å². The Hall–Kier alpha value is -3.29. The fourth-order valence-electron chi connectivity index (χ4n) is 3.73. The lowest BCUT2D eigenvalue weighted by Gasteiger charge is -2.15. The van der Waals surface area contributed by atoms with Crippen molar-refractivity contribution < 1.29 is 23.5 Å². The Kier molecular flexibility index (Phi) is 7.33. The molecule has 0 unspecified atom stereocenters. The predicted octanol–water partition coefficient (Wildman–Crippen LogP) is 3.46. The molecule has 3 amide bonds. The molecule has 1 aliphatic carbocycles. The molecular formula is C23H29N3O5. The van der Waals surface area contributed by atoms with Crippen LogP contribution in [0, 0.1) is 13.8 Å². The number of rotatable bonds is 7. The van der Waals surface area contributed by atoms with Crippen LogP contribution in [-0.4, -0.2) is 34.6 Å². The van der Waals surface area contributed by atoms with Gasteiger partial charge in [0.2, 0.25) is 0 Å². The van der Waals surface area contributed by atoms with Crippen molar-refractivity contribution in [3.63, 3.8) is 0 Å². The van der Waals surface area contributed by atoms with Crippen molar-refractivity contribution in [1.82, 2.24) is 15.2 Å². The summed E-state index contributed by atoms with van der Waals surface area (Å²) in [6.07, 6.45) is 7.46. The van der Waals surface area contributed by atoms with E-state index in [9.17, 15) is 14.4 Å². The zero-order chi connectivity index (χ0) is 22.4. The van der Waals surface area contributed by atoms with Gasteiger partial charge in [0, 0.05) is 23.5 Å². The molecule has 8 nitrogen and oxygen atoms in total. The van der Waals surface area contributed by atoms with E-state index >= 15 is 0 Å². The van der Waals surface area contributed by atoms with Gasteiger partial charge in [-0.2, -0.15) is 0 Å². The normalized spacial score (nSPS) is 15.2. The predicted molar refractivity (Wildman–Crippen MR) is 115 cm³/mol. The fraction of sp³-hybridized carbons (Fsp3) is 0.435. The van der Waals surface area contributed by atoms with Gasteiger partial charge < -0.3 is 19.0 Å². The average molecular weight is 428 g/mol. The molecule has 1 saturated carbocycles. The lowest BCUT2D eigenvalue weighted by molar-refractivity contribution is -0.149. The largest absolute Gasteiger partial charge is 0.467 e. The second-order valence-corrected chi connectivity index (χ2v) is 7.85. The van der Waals surface area contributed by atoms with Crippen molar-refractivity contribution in [2.45, 2.75) is 65.1 Å². The number of esters is 1. The average Bonchev–Trinajstić information content (AvgIpc) is 3.46. The third-order valence-electron chi connectivity index (χ3n) is 5.50. The number of nitrogens with zero attached hydrogens (tertiary/aromatic N) is 1. The second-order valence-electron chi connectivity index (χ2n) is 7.85. The maximum absolute atomic E-state index is 12.1. The maximum Gasteiger partial charge on any atom is 0.331 e. The Morgan fingerprint density at radius 3 is 2.71 bits per heavy atom. The zero-order valence-corrected chi connectivity index (χ0v) is 18.1. The molecule has 31 heavy (non-hydrogen) atoms. The summed E-state index contributed by atoms with van der Waals surface area (Å²) in [5.74, 6) is -0.475. The topological polar surface area (TPSA) is 103 Å². The molecule has 2 aromatic rings. The summed E-state index contributed by atoms with van der Waals surface area (Å²) < 4.78 is 12.6. The van der Waals surface area contributed by atoms with Crippen LogP contribution in [0.1, 0.15) is 55.3 Å². The van der Waals surface area contributed by atoms with Crippen molar-refractivity contribution in [2.24, 2.45) is 0 Å². The highest BCUT2D eigenvalue weighted by molar-refractivity contribution is 5.98. The molecule has 2 aromatic heterocycles. The zero-order valence-electron chi connectivity index (χ0n) is 18.1. The number of aryl methyl sites for hydroxylation is 1. The summed E-state index contributed by atoms with van der Waals surface area (Å²) >= 11 is 0. The van der Waals surface area contributed by atoms with E-state index < -0.39 is 24.0 Å². The Morgan fingerprint density at radius 2 is 2.03 bits per heavy atom. The molecule has 2 heterocycles. The van der Waals surface area contributed by atoms with E-state index in [2.05, 4.69) is 15.2 Å². The molecule has 166 valence electrons. The summed E-state index contributed by atoms with van der Waals surface area (Å²) in [6, 6.07) is 5.26. The summed E-state index contributed by atoms with van der Waals surface area (Å²) in [5, 5.41) is 4.98. The van der Waals surface area contributed by atoms with E-state index in [1.165, 1.54) is 13.0 Å². The molecule has 8 heteroatoms. The number of hydrogen-bond donors (Lipinski definition) is 2. The van der Waals surface area contributed by atoms with Gasteiger partial charge in [0.1, 0.15) is 5.76 Å². The molecular weight excluding hydrogens is 398 g/mol. The van der Waals surface area contributed by atoms with E-state index in [-0.39, 0.29) is 6.04 Å². The van der Waals surface area contributed by atoms with Crippen LogP contribution < -0.4 is 10.6 Å². The fourth-order valence-corrected chi connectivity index (χ4v) is 3.73. The number of ether oxygens (including phenoxy) is 1. The number of urea groups is 1. The molecule has 0 bridgehead atoms. The molecule has 3 rings (SSSR count). The SMILES string of the molecule is Cc1cc(/C=C/C(=O)O[C@H](C)C(=O)NC(=O)NC2CCCC2)c(C)n1Cc1ccco1. The molecule has 1 fully saturated rings. The van der Waals surface area contributed by atoms with Crippen LogP contribution in [-0.2, 0) is 20.9 Å². The highest BCUT2D eigenvalue weighted by Gasteiger charge is 2.22. The summed E-state index contributed by atoms with van der Waals surface area (Å²) in [6.45, 7) is 5.97. The van der Waals surface area contributed by atoms with Gasteiger partial charge in [-0.05, 0) is 63.5 Å². The number of imide groups is 1. The van der Waals surface area contributed by atoms with Gasteiger partial charge in [0.05, 0.1) is 12.8 Å². The lowest BCUT2D eigenvalue weighted by atomic mass is 10.2. The minimum atomic E-state index is -1.09. The number of hydrogen-bond acceptors (Lipinski definition) is 5. The Bertz CT molecular complexity index is 952. The molecule has 0 aromatic carbocycles. The van der Waals surface area contributed by atoms with Gasteiger partial charge in [-0.15, -0.1) is 0 Å². The van der Waals surface area contributed by atoms with Crippen LogP contribution in [0.3, 0.4) is 0 Å². The smallest absolute Gasteiger partial charge is 0.331 e. The first-order valence-electron chi connectivity index (χ1n) is 10.5. The first-order valence-corrected chi connectivity index (χ1v) is 10.5. The Morgan fingerprint density at radius 1 is 1.29 bits per heavy atom. The second kappa shape index (κ2) is 10.1. The van der Waals surface area contributed by atoms with Gasteiger partial charge in [0.25, 0.3) is 5.91 Å². The number of carbonyl (C=O) groups excluding carboxylic acids is 3. The van der Waals surface area contributed by atoms with Gasteiger partial charge in [-0.1, -0.05) is 12.8 Å². The first kappa shape index (κ1) is 22.4. The standard InChI is InChI=1S/C23H29N3O5/c1-15-13-18(16(2)26(15)14-20-9-6-12-30-20)10-11-21(27)31-17(3)22(28)25-23(29)24-19-7-4-5-8-19/h6,9-13,17,19H,4-5,7-8,14H2,1-3H3,(H2,24,25,28,29)/b11-10+/t17-/m1/s1. The van der Waals surface area contributed by atoms with Gasteiger partial charge in [0.15, 0.2) is 6.10 Å². The lowest BCUT2D eigenvalue weighted by Crippen LogP contribution is -2.47. The number of aromatic nitrogens is 1. The molecule has 0 radical (unpaired) electrons. The van der Waals surface area contributed by atoms with Crippen LogP contribution in [0.15, 0.2) is 35.0 Å². The number of amides is 3. The summed E-state index contributed by atoms with van der Waals surface area (Å²) in [4.78, 5) is 36.1. The van der Waals surface area contributed by atoms with Gasteiger partial charge >= 0.3 is 12.0 Å². The van der Waals surface area contributed by atoms with Crippen LogP contribution in [0.5, 0.6) is 0 Å². The number of furan rings is 1. The highest BCUT2D eigenvalue weighted by atomic mass is 16.5. The van der Waals surface area contributed by atoms with E-state index in [1.54, 1.807) is 12.3 Å². The van der Waals surface area contributed by atoms with Crippen LogP contribution in [0.25, 0.3) is 6.08 Å². The van der Waals surface area contributed by atoms with E-state index in [1.807, 2.05) is 32.0 Å². The first-order chi connectivity index (χ1) is 14.8. The molecule has 1 aliphatic rings. The third kappa shape index (κ3) is 6.10. The molecule has 0 spiro atoms. The van der Waals surface area contributed by atoms with Crippen LogP contribution in [0.4, 0.5) is 4.79 Å². The van der Waals surface area contributed by atoms with E-state index in [0.717, 1.165) is 48.4 Å². The molecule has 2 N–H and O–H groups in total. The van der Waals surface area contributed by atoms with Gasteiger partial charge in [-0.3, -0.25) is 10.1 Å². The third-order valence-corrected chi connectivity index (χ3v) is 5.50. The molecule has 0 saturated heterocycles. The van der Waals surface area contributed by atoms with Crippen molar-refractivity contribution in [1.29, 1.82) is 0 Å². The number of carbonyl (C=O) groups is 3. The maximum atomic E-state index is 12.1. The van der Waals surface area contributed by atoms with Crippen LogP contribution >= 0.6 is 0 Å². The molecule has 0 aliphatic heterocycles. The summed E-state index contributed by atoms with van der Waals surface area (Å²) in [5.41, 5.74) is 2.88. The Labute approximate surface area is 181 Å². The number of nitrogens with one attached hydrogen (secondary N) is 2. The summed E-state index contributed by atoms with van der Waals surface area (Å²) in [7, 11) is 0. The Balaban J connectivity index is 1.51. The van der Waals surface area contributed by atoms with Crippen molar-refractivity contribution >= 4 is 24.0 Å². The quantitative estimate of drug-likeness (QED) is 0.520. The minimum absolute atomic E-state index is 0.0976. The van der Waals surface area contributed by atoms with E-state index in [0.29, 0.717) is 6.54 Å². The highest BCUT2D eigenvalue weighted by Crippen LogP contribution is 2.19.